The fraction of sp³-hybridized carbons (Fsp3) is 0.957. The van der Waals surface area contributed by atoms with Crippen molar-refractivity contribution in [3.8, 4) is 0 Å². The number of aliphatic hydroxyl groups excluding tert-OH is 1. The first-order valence-electron chi connectivity index (χ1n) is 35.0. The van der Waals surface area contributed by atoms with E-state index in [9.17, 15) is 19.4 Å². The van der Waals surface area contributed by atoms with Gasteiger partial charge in [-0.15, -0.1) is 0 Å². The average molecular weight is 1120 g/mol. The molecular formula is C69H139N2O6P. The molecule has 0 aliphatic rings. The Morgan fingerprint density at radius 3 is 1.00 bits per heavy atom. The summed E-state index contributed by atoms with van der Waals surface area (Å²) in [5, 5.41) is 14.1. The van der Waals surface area contributed by atoms with Crippen molar-refractivity contribution in [1.29, 1.82) is 0 Å². The highest BCUT2D eigenvalue weighted by Crippen LogP contribution is 2.38. The number of phosphoric ester groups is 1. The van der Waals surface area contributed by atoms with Crippen molar-refractivity contribution in [1.82, 2.24) is 5.32 Å². The van der Waals surface area contributed by atoms with E-state index in [2.05, 4.69) is 31.3 Å². The van der Waals surface area contributed by atoms with Crippen LogP contribution in [0.3, 0.4) is 0 Å². The zero-order valence-electron chi connectivity index (χ0n) is 53.4. The Balaban J connectivity index is 4.00. The molecule has 9 heteroatoms. The molecule has 0 aliphatic carbocycles. The van der Waals surface area contributed by atoms with Gasteiger partial charge in [0.1, 0.15) is 13.2 Å². The molecule has 466 valence electrons. The highest BCUT2D eigenvalue weighted by Gasteiger charge is 2.24. The second-order valence-corrected chi connectivity index (χ2v) is 27.0. The summed E-state index contributed by atoms with van der Waals surface area (Å²) in [5.41, 5.74) is 0. The summed E-state index contributed by atoms with van der Waals surface area (Å²) in [6.07, 6.45) is 77.2. The van der Waals surface area contributed by atoms with Crippen LogP contribution in [0.2, 0.25) is 0 Å². The molecule has 0 rings (SSSR count). The van der Waals surface area contributed by atoms with Gasteiger partial charge in [0.15, 0.2) is 0 Å². The molecule has 1 amide bonds. The van der Waals surface area contributed by atoms with Gasteiger partial charge in [-0.2, -0.15) is 0 Å². The minimum Gasteiger partial charge on any atom is -0.756 e. The van der Waals surface area contributed by atoms with E-state index in [0.29, 0.717) is 23.9 Å². The minimum absolute atomic E-state index is 0.0153. The van der Waals surface area contributed by atoms with E-state index < -0.39 is 20.0 Å². The molecule has 78 heavy (non-hydrogen) atoms. The molecule has 0 aromatic heterocycles. The molecule has 0 heterocycles. The van der Waals surface area contributed by atoms with Gasteiger partial charge in [0.05, 0.1) is 39.9 Å². The summed E-state index contributed by atoms with van der Waals surface area (Å²) in [6.45, 7) is 4.79. The molecule has 3 atom stereocenters. The number of allylic oxidation sites excluding steroid dienone is 2. The van der Waals surface area contributed by atoms with Gasteiger partial charge in [0, 0.05) is 6.42 Å². The minimum atomic E-state index is -4.58. The van der Waals surface area contributed by atoms with Gasteiger partial charge >= 0.3 is 0 Å². The molecular weight excluding hydrogens is 984 g/mol. The van der Waals surface area contributed by atoms with Gasteiger partial charge in [0.2, 0.25) is 5.91 Å². The summed E-state index contributed by atoms with van der Waals surface area (Å²) < 4.78 is 23.5. The number of carbonyl (C=O) groups is 1. The molecule has 0 fully saturated rings. The Labute approximate surface area is 488 Å². The van der Waals surface area contributed by atoms with Crippen molar-refractivity contribution < 1.29 is 32.9 Å². The third-order valence-corrected chi connectivity index (χ3v) is 17.5. The van der Waals surface area contributed by atoms with E-state index in [4.69, 9.17) is 9.05 Å². The maximum atomic E-state index is 13.0. The van der Waals surface area contributed by atoms with Crippen molar-refractivity contribution in [2.24, 2.45) is 0 Å². The van der Waals surface area contributed by atoms with Gasteiger partial charge in [-0.25, -0.2) is 0 Å². The zero-order valence-corrected chi connectivity index (χ0v) is 54.3. The van der Waals surface area contributed by atoms with Gasteiger partial charge < -0.3 is 28.8 Å². The molecule has 0 saturated carbocycles. The van der Waals surface area contributed by atoms with Crippen LogP contribution in [0.25, 0.3) is 0 Å². The fourth-order valence-corrected chi connectivity index (χ4v) is 11.8. The second kappa shape index (κ2) is 60.8. The number of phosphoric acid groups is 1. The number of hydrogen-bond acceptors (Lipinski definition) is 6. The summed E-state index contributed by atoms with van der Waals surface area (Å²) in [5.74, 6) is -0.157. The highest BCUT2D eigenvalue weighted by molar-refractivity contribution is 7.45. The van der Waals surface area contributed by atoms with Crippen molar-refractivity contribution in [2.75, 3.05) is 40.9 Å². The van der Waals surface area contributed by atoms with Gasteiger partial charge in [0.25, 0.3) is 7.82 Å². The van der Waals surface area contributed by atoms with Crippen molar-refractivity contribution >= 4 is 13.7 Å². The molecule has 0 aromatic carbocycles. The van der Waals surface area contributed by atoms with Crippen LogP contribution in [0.5, 0.6) is 0 Å². The van der Waals surface area contributed by atoms with Crippen molar-refractivity contribution in [3.63, 3.8) is 0 Å². The Bertz CT molecular complexity index is 1280. The number of nitrogens with one attached hydrogen (secondary N) is 1. The molecule has 8 nitrogen and oxygen atoms in total. The van der Waals surface area contributed by atoms with Gasteiger partial charge in [-0.05, 0) is 38.5 Å². The normalized spacial score (nSPS) is 13.7. The maximum absolute atomic E-state index is 13.0. The molecule has 0 aliphatic heterocycles. The monoisotopic (exact) mass is 1120 g/mol. The van der Waals surface area contributed by atoms with Crippen LogP contribution < -0.4 is 10.2 Å². The Kier molecular flexibility index (Phi) is 60.2. The lowest BCUT2D eigenvalue weighted by Crippen LogP contribution is -2.46. The number of amides is 1. The first-order valence-corrected chi connectivity index (χ1v) is 36.5. The lowest BCUT2D eigenvalue weighted by Gasteiger charge is -2.30. The van der Waals surface area contributed by atoms with Crippen LogP contribution in [0.1, 0.15) is 373 Å². The van der Waals surface area contributed by atoms with Crippen LogP contribution >= 0.6 is 7.82 Å². The number of likely N-dealkylation sites (N-methyl/N-ethyl adjacent to an activating group) is 1. The third-order valence-electron chi connectivity index (χ3n) is 16.5. The van der Waals surface area contributed by atoms with Crippen molar-refractivity contribution in [3.05, 3.63) is 12.2 Å². The third kappa shape index (κ3) is 62.8. The molecule has 3 unspecified atom stereocenters. The SMILES string of the molecule is CCCCCCCCCC/C=C\CCCCCCCCCCCCCCCC(=O)NC(COP(=O)([O-])OCC[N+](C)(C)C)C(O)CCCCCCCCCCCCCCCCCCCCCCCCCCCCCCCCC. The summed E-state index contributed by atoms with van der Waals surface area (Å²) >= 11 is 0. The largest absolute Gasteiger partial charge is 0.756 e. The molecule has 0 radical (unpaired) electrons. The predicted molar refractivity (Wildman–Crippen MR) is 339 cm³/mol. The van der Waals surface area contributed by atoms with Crippen LogP contribution in [0.4, 0.5) is 0 Å². The van der Waals surface area contributed by atoms with E-state index in [1.807, 2.05) is 21.1 Å². The lowest BCUT2D eigenvalue weighted by molar-refractivity contribution is -0.870. The van der Waals surface area contributed by atoms with E-state index >= 15 is 0 Å². The van der Waals surface area contributed by atoms with Crippen LogP contribution in [-0.2, 0) is 18.4 Å². The molecule has 0 bridgehead atoms. The van der Waals surface area contributed by atoms with Crippen LogP contribution in [-0.4, -0.2) is 68.5 Å². The topological polar surface area (TPSA) is 108 Å². The average Bonchev–Trinajstić information content (AvgIpc) is 3.41. The predicted octanol–water partition coefficient (Wildman–Crippen LogP) is 21.5. The standard InChI is InChI=1S/C69H139N2O6P/c1-6-8-10-12-14-16-18-20-22-24-26-28-30-32-33-34-35-36-37-39-40-42-44-46-48-50-52-54-56-58-60-62-68(72)67(66-77-78(74,75)76-65-64-71(3,4)5)70-69(73)63-61-59-57-55-53-51-49-47-45-43-41-38-31-29-27-25-23-21-19-17-15-13-11-9-7-2/h25,27,67-68,72H,6-24,26,28-66H2,1-5H3,(H-,70,73,74,75)/b27-25-. The molecule has 0 aromatic rings. The van der Waals surface area contributed by atoms with E-state index in [1.165, 1.54) is 308 Å². The number of quaternary nitrogens is 1. The fourth-order valence-electron chi connectivity index (χ4n) is 11.0. The van der Waals surface area contributed by atoms with Crippen molar-refractivity contribution in [2.45, 2.75) is 386 Å². The van der Waals surface area contributed by atoms with E-state index in [-0.39, 0.29) is 19.1 Å². The maximum Gasteiger partial charge on any atom is 0.268 e. The van der Waals surface area contributed by atoms with E-state index in [1.54, 1.807) is 0 Å². The summed E-state index contributed by atoms with van der Waals surface area (Å²) in [6, 6.07) is -0.799. The zero-order chi connectivity index (χ0) is 57.0. The Hall–Kier alpha value is -0.760. The quantitative estimate of drug-likeness (QED) is 0.0272. The summed E-state index contributed by atoms with van der Waals surface area (Å²) in [7, 11) is 1.33. The number of nitrogens with zero attached hydrogens (tertiary/aromatic N) is 1. The number of carbonyl (C=O) groups excluding carboxylic acids is 1. The number of hydrogen-bond donors (Lipinski definition) is 2. The van der Waals surface area contributed by atoms with E-state index in [0.717, 1.165) is 38.5 Å². The van der Waals surface area contributed by atoms with Crippen LogP contribution in [0, 0.1) is 0 Å². The first-order chi connectivity index (χ1) is 38.0. The molecule has 0 saturated heterocycles. The Morgan fingerprint density at radius 1 is 0.436 bits per heavy atom. The molecule has 2 N–H and O–H groups in total. The smallest absolute Gasteiger partial charge is 0.268 e. The van der Waals surface area contributed by atoms with Crippen LogP contribution in [0.15, 0.2) is 12.2 Å². The molecule has 0 spiro atoms. The number of unbranched alkanes of at least 4 members (excludes halogenated alkanes) is 51. The second-order valence-electron chi connectivity index (χ2n) is 25.6. The van der Waals surface area contributed by atoms with Gasteiger partial charge in [-0.1, -0.05) is 341 Å². The number of aliphatic hydroxyl groups is 1. The Morgan fingerprint density at radius 2 is 0.705 bits per heavy atom. The highest BCUT2D eigenvalue weighted by atomic mass is 31.2. The first kappa shape index (κ1) is 77.2. The number of rotatable bonds is 66. The van der Waals surface area contributed by atoms with Gasteiger partial charge in [-0.3, -0.25) is 9.36 Å². The summed E-state index contributed by atoms with van der Waals surface area (Å²) in [4.78, 5) is 25.7. The lowest BCUT2D eigenvalue weighted by atomic mass is 10.0.